The van der Waals surface area contributed by atoms with Crippen molar-refractivity contribution in [1.82, 2.24) is 10.2 Å². The molecular weight excluding hydrogens is 204 g/mol. The van der Waals surface area contributed by atoms with Gasteiger partial charge in [-0.2, -0.15) is 5.10 Å². The van der Waals surface area contributed by atoms with Crippen molar-refractivity contribution < 1.29 is 4.79 Å². The number of anilines is 1. The zero-order chi connectivity index (χ0) is 12.1. The molecule has 1 atom stereocenters. The number of aromatic amines is 1. The fraction of sp³-hybridized carbons (Fsp3) is 0.636. The summed E-state index contributed by atoms with van der Waals surface area (Å²) in [6.07, 6.45) is 1.76. The third-order valence-electron chi connectivity index (χ3n) is 2.79. The third kappa shape index (κ3) is 2.82. The second-order valence-corrected chi connectivity index (χ2v) is 4.03. The highest BCUT2D eigenvalue weighted by Gasteiger charge is 2.17. The van der Waals surface area contributed by atoms with Crippen molar-refractivity contribution in [3.8, 4) is 0 Å². The van der Waals surface area contributed by atoms with Crippen LogP contribution in [0, 0.1) is 19.8 Å². The van der Waals surface area contributed by atoms with Crippen LogP contribution in [0.15, 0.2) is 0 Å². The van der Waals surface area contributed by atoms with Crippen molar-refractivity contribution in [3.63, 3.8) is 0 Å². The van der Waals surface area contributed by atoms with Crippen LogP contribution in [0.4, 0.5) is 5.82 Å². The SMILES string of the molecule is CCCC(CN)C(=O)Nc1n[nH]c(C)c1C. The lowest BCUT2D eigenvalue weighted by molar-refractivity contribution is -0.119. The average molecular weight is 224 g/mol. The molecule has 5 nitrogen and oxygen atoms in total. The summed E-state index contributed by atoms with van der Waals surface area (Å²) in [5.74, 6) is 0.442. The van der Waals surface area contributed by atoms with E-state index in [9.17, 15) is 4.79 Å². The van der Waals surface area contributed by atoms with Crippen molar-refractivity contribution in [1.29, 1.82) is 0 Å². The van der Waals surface area contributed by atoms with Gasteiger partial charge in [-0.3, -0.25) is 9.89 Å². The van der Waals surface area contributed by atoms with Gasteiger partial charge in [-0.05, 0) is 20.3 Å². The number of amides is 1. The standard InChI is InChI=1S/C11H20N4O/c1-4-5-9(6-12)11(16)13-10-7(2)8(3)14-15-10/h9H,4-6,12H2,1-3H3,(H2,13,14,15,16). The Bertz CT molecular complexity index is 359. The van der Waals surface area contributed by atoms with Crippen LogP contribution in [-0.2, 0) is 4.79 Å². The Morgan fingerprint density at radius 1 is 1.56 bits per heavy atom. The number of H-pyrrole nitrogens is 1. The van der Waals surface area contributed by atoms with Crippen LogP contribution in [0.2, 0.25) is 0 Å². The molecule has 0 aliphatic rings. The van der Waals surface area contributed by atoms with Crippen LogP contribution < -0.4 is 11.1 Å². The number of hydrogen-bond acceptors (Lipinski definition) is 3. The second kappa shape index (κ2) is 5.65. The third-order valence-corrected chi connectivity index (χ3v) is 2.79. The summed E-state index contributed by atoms with van der Waals surface area (Å²) < 4.78 is 0. The molecule has 1 unspecified atom stereocenters. The highest BCUT2D eigenvalue weighted by atomic mass is 16.2. The van der Waals surface area contributed by atoms with Gasteiger partial charge in [0, 0.05) is 17.8 Å². The minimum absolute atomic E-state index is 0.0426. The molecule has 0 bridgehead atoms. The maximum atomic E-state index is 11.9. The summed E-state index contributed by atoms with van der Waals surface area (Å²) in [6, 6.07) is 0. The zero-order valence-corrected chi connectivity index (χ0v) is 10.1. The molecule has 0 aliphatic heterocycles. The Labute approximate surface area is 95.8 Å². The van der Waals surface area contributed by atoms with Crippen molar-refractivity contribution in [2.24, 2.45) is 11.7 Å². The highest BCUT2D eigenvalue weighted by Crippen LogP contribution is 2.15. The smallest absolute Gasteiger partial charge is 0.229 e. The van der Waals surface area contributed by atoms with E-state index in [1.165, 1.54) is 0 Å². The Balaban J connectivity index is 2.66. The molecular formula is C11H20N4O. The first kappa shape index (κ1) is 12.7. The molecule has 1 amide bonds. The van der Waals surface area contributed by atoms with Gasteiger partial charge in [0.05, 0.1) is 5.92 Å². The van der Waals surface area contributed by atoms with Gasteiger partial charge < -0.3 is 11.1 Å². The fourth-order valence-corrected chi connectivity index (χ4v) is 1.53. The van der Waals surface area contributed by atoms with E-state index in [-0.39, 0.29) is 11.8 Å². The average Bonchev–Trinajstić information content (AvgIpc) is 2.57. The van der Waals surface area contributed by atoms with Crippen molar-refractivity contribution >= 4 is 11.7 Å². The van der Waals surface area contributed by atoms with E-state index in [0.29, 0.717) is 12.4 Å². The van der Waals surface area contributed by atoms with Gasteiger partial charge in [0.2, 0.25) is 5.91 Å². The maximum absolute atomic E-state index is 11.9. The lowest BCUT2D eigenvalue weighted by atomic mass is 10.0. The molecule has 90 valence electrons. The fourth-order valence-electron chi connectivity index (χ4n) is 1.53. The summed E-state index contributed by atoms with van der Waals surface area (Å²) in [7, 11) is 0. The van der Waals surface area contributed by atoms with Crippen LogP contribution >= 0.6 is 0 Å². The second-order valence-electron chi connectivity index (χ2n) is 4.03. The van der Waals surface area contributed by atoms with Gasteiger partial charge in [-0.1, -0.05) is 13.3 Å². The number of hydrogen-bond donors (Lipinski definition) is 3. The number of nitrogens with two attached hydrogens (primary N) is 1. The minimum Gasteiger partial charge on any atom is -0.330 e. The number of aryl methyl sites for hydroxylation is 1. The molecule has 0 spiro atoms. The van der Waals surface area contributed by atoms with Gasteiger partial charge in [0.1, 0.15) is 0 Å². The molecule has 0 radical (unpaired) electrons. The highest BCUT2D eigenvalue weighted by molar-refractivity contribution is 5.92. The van der Waals surface area contributed by atoms with Crippen LogP contribution in [0.1, 0.15) is 31.0 Å². The lowest BCUT2D eigenvalue weighted by Gasteiger charge is -2.12. The molecule has 5 heteroatoms. The summed E-state index contributed by atoms with van der Waals surface area (Å²) >= 11 is 0. The first-order valence-corrected chi connectivity index (χ1v) is 5.62. The van der Waals surface area contributed by atoms with E-state index < -0.39 is 0 Å². The van der Waals surface area contributed by atoms with E-state index >= 15 is 0 Å². The predicted molar refractivity (Wildman–Crippen MR) is 64.1 cm³/mol. The van der Waals surface area contributed by atoms with Gasteiger partial charge in [0.25, 0.3) is 0 Å². The number of aromatic nitrogens is 2. The van der Waals surface area contributed by atoms with Crippen molar-refractivity contribution in [2.45, 2.75) is 33.6 Å². The van der Waals surface area contributed by atoms with Crippen LogP contribution in [0.5, 0.6) is 0 Å². The number of carbonyl (C=O) groups is 1. The molecule has 0 saturated carbocycles. The Kier molecular flexibility index (Phi) is 4.49. The molecule has 1 heterocycles. The van der Waals surface area contributed by atoms with Gasteiger partial charge >= 0.3 is 0 Å². The van der Waals surface area contributed by atoms with Gasteiger partial charge in [-0.15, -0.1) is 0 Å². The van der Waals surface area contributed by atoms with Gasteiger partial charge in [0.15, 0.2) is 5.82 Å². The quantitative estimate of drug-likeness (QED) is 0.705. The zero-order valence-electron chi connectivity index (χ0n) is 10.1. The Morgan fingerprint density at radius 2 is 2.25 bits per heavy atom. The molecule has 0 aliphatic carbocycles. The Hall–Kier alpha value is -1.36. The molecule has 0 aromatic carbocycles. The molecule has 4 N–H and O–H groups in total. The molecule has 1 rings (SSSR count). The summed E-state index contributed by atoms with van der Waals surface area (Å²) in [6.45, 7) is 6.26. The van der Waals surface area contributed by atoms with Crippen molar-refractivity contribution in [3.05, 3.63) is 11.3 Å². The largest absolute Gasteiger partial charge is 0.330 e. The number of nitrogens with zero attached hydrogens (tertiary/aromatic N) is 1. The van der Waals surface area contributed by atoms with E-state index in [4.69, 9.17) is 5.73 Å². The van der Waals surface area contributed by atoms with Crippen molar-refractivity contribution in [2.75, 3.05) is 11.9 Å². The first-order chi connectivity index (χ1) is 7.60. The summed E-state index contributed by atoms with van der Waals surface area (Å²) in [4.78, 5) is 11.9. The molecule has 0 saturated heterocycles. The topological polar surface area (TPSA) is 83.8 Å². The number of nitrogens with one attached hydrogen (secondary N) is 2. The van der Waals surface area contributed by atoms with E-state index in [1.807, 2.05) is 20.8 Å². The van der Waals surface area contributed by atoms with Crippen LogP contribution in [0.3, 0.4) is 0 Å². The molecule has 1 aromatic heterocycles. The first-order valence-electron chi connectivity index (χ1n) is 5.62. The number of carbonyl (C=O) groups excluding carboxylic acids is 1. The normalized spacial score (nSPS) is 12.5. The van der Waals surface area contributed by atoms with E-state index in [2.05, 4.69) is 15.5 Å². The Morgan fingerprint density at radius 3 is 2.69 bits per heavy atom. The minimum atomic E-state index is -0.124. The molecule has 16 heavy (non-hydrogen) atoms. The molecule has 0 fully saturated rings. The molecule has 1 aromatic rings. The maximum Gasteiger partial charge on any atom is 0.229 e. The van der Waals surface area contributed by atoms with Gasteiger partial charge in [-0.25, -0.2) is 0 Å². The summed E-state index contributed by atoms with van der Waals surface area (Å²) in [5.41, 5.74) is 7.51. The van der Waals surface area contributed by atoms with Crippen LogP contribution in [-0.4, -0.2) is 22.6 Å². The predicted octanol–water partition coefficient (Wildman–Crippen LogP) is 1.34. The lowest BCUT2D eigenvalue weighted by Crippen LogP contribution is -2.29. The monoisotopic (exact) mass is 224 g/mol. The number of rotatable bonds is 5. The summed E-state index contributed by atoms with van der Waals surface area (Å²) in [5, 5.41) is 9.68. The van der Waals surface area contributed by atoms with Crippen LogP contribution in [0.25, 0.3) is 0 Å². The van der Waals surface area contributed by atoms with E-state index in [0.717, 1.165) is 24.1 Å². The van der Waals surface area contributed by atoms with E-state index in [1.54, 1.807) is 0 Å².